The van der Waals surface area contributed by atoms with Gasteiger partial charge in [-0.15, -0.1) is 0 Å². The average molecular weight is 215 g/mol. The summed E-state index contributed by atoms with van der Waals surface area (Å²) in [4.78, 5) is 11.6. The summed E-state index contributed by atoms with van der Waals surface area (Å²) in [7, 11) is 1.64. The summed E-state index contributed by atoms with van der Waals surface area (Å²) in [5.41, 5.74) is 4.94. The predicted molar refractivity (Wildman–Crippen MR) is 58.5 cm³/mol. The molecule has 0 aromatic carbocycles. The van der Waals surface area contributed by atoms with Gasteiger partial charge in [-0.3, -0.25) is 4.79 Å². The largest absolute Gasteiger partial charge is 0.383 e. The molecule has 1 aliphatic heterocycles. The molecule has 2 unspecified atom stereocenters. The minimum atomic E-state index is -0.566. The molecule has 0 aromatic rings. The number of hydrogen-bond donors (Lipinski definition) is 3. The van der Waals surface area contributed by atoms with Crippen molar-refractivity contribution < 1.29 is 9.53 Å². The average Bonchev–Trinajstić information content (AvgIpc) is 2.21. The van der Waals surface area contributed by atoms with Crippen LogP contribution in [0, 0.1) is 5.92 Å². The normalized spacial score (nSPS) is 31.5. The summed E-state index contributed by atoms with van der Waals surface area (Å²) in [6, 6.07) is 0. The summed E-state index contributed by atoms with van der Waals surface area (Å²) in [5.74, 6) is -0.0480. The van der Waals surface area contributed by atoms with Gasteiger partial charge in [0, 0.05) is 13.7 Å². The van der Waals surface area contributed by atoms with Crippen molar-refractivity contribution in [2.45, 2.75) is 18.9 Å². The zero-order valence-corrected chi connectivity index (χ0v) is 9.51. The van der Waals surface area contributed by atoms with E-state index < -0.39 is 5.54 Å². The Labute approximate surface area is 90.7 Å². The van der Waals surface area contributed by atoms with Crippen LogP contribution >= 0.6 is 0 Å². The lowest BCUT2D eigenvalue weighted by molar-refractivity contribution is -0.127. The van der Waals surface area contributed by atoms with E-state index in [4.69, 9.17) is 10.5 Å². The Morgan fingerprint density at radius 2 is 2.47 bits per heavy atom. The van der Waals surface area contributed by atoms with Crippen molar-refractivity contribution in [1.82, 2.24) is 10.6 Å². The van der Waals surface area contributed by atoms with Gasteiger partial charge < -0.3 is 21.1 Å². The van der Waals surface area contributed by atoms with E-state index in [0.29, 0.717) is 13.2 Å². The van der Waals surface area contributed by atoms with Crippen LogP contribution in [-0.4, -0.2) is 44.8 Å². The topological polar surface area (TPSA) is 76.4 Å². The first-order valence-electron chi connectivity index (χ1n) is 5.38. The molecule has 1 fully saturated rings. The molecule has 4 N–H and O–H groups in total. The van der Waals surface area contributed by atoms with Crippen LogP contribution in [0.5, 0.6) is 0 Å². The third kappa shape index (κ3) is 2.68. The standard InChI is InChI=1S/C10H21N3O2/c1-8-7-12-4-3-10(8,9(11)14)13-5-6-15-2/h8,12-13H,3-7H2,1-2H3,(H2,11,14). The van der Waals surface area contributed by atoms with E-state index in [1.54, 1.807) is 7.11 Å². The SMILES string of the molecule is COCCNC1(C(N)=O)CCNCC1C. The summed E-state index contributed by atoms with van der Waals surface area (Å²) >= 11 is 0. The number of piperidine rings is 1. The second-order valence-electron chi connectivity index (χ2n) is 4.11. The zero-order valence-electron chi connectivity index (χ0n) is 9.51. The summed E-state index contributed by atoms with van der Waals surface area (Å²) < 4.78 is 4.96. The summed E-state index contributed by atoms with van der Waals surface area (Å²) in [6.45, 7) is 4.94. The third-order valence-corrected chi connectivity index (χ3v) is 3.17. The van der Waals surface area contributed by atoms with Gasteiger partial charge in [0.2, 0.25) is 5.91 Å². The number of primary amides is 1. The maximum Gasteiger partial charge on any atom is 0.238 e. The van der Waals surface area contributed by atoms with Crippen molar-refractivity contribution in [2.24, 2.45) is 11.7 Å². The Balaban J connectivity index is 2.63. The Kier molecular flexibility index (Phi) is 4.50. The number of amides is 1. The maximum atomic E-state index is 11.6. The highest BCUT2D eigenvalue weighted by Gasteiger charge is 2.42. The van der Waals surface area contributed by atoms with Gasteiger partial charge >= 0.3 is 0 Å². The lowest BCUT2D eigenvalue weighted by atomic mass is 9.79. The highest BCUT2D eigenvalue weighted by molar-refractivity contribution is 5.85. The molecular weight excluding hydrogens is 194 g/mol. The zero-order chi connectivity index (χ0) is 11.3. The first-order chi connectivity index (χ1) is 7.13. The number of rotatable bonds is 5. The fourth-order valence-corrected chi connectivity index (χ4v) is 2.12. The number of carbonyl (C=O) groups excluding carboxylic acids is 1. The monoisotopic (exact) mass is 215 g/mol. The predicted octanol–water partition coefficient (Wildman–Crippen LogP) is -0.924. The van der Waals surface area contributed by atoms with Crippen molar-refractivity contribution in [3.05, 3.63) is 0 Å². The molecule has 5 heteroatoms. The number of nitrogens with one attached hydrogen (secondary N) is 2. The lowest BCUT2D eigenvalue weighted by Gasteiger charge is -2.41. The van der Waals surface area contributed by atoms with Crippen LogP contribution in [0.1, 0.15) is 13.3 Å². The second kappa shape index (κ2) is 5.44. The van der Waals surface area contributed by atoms with Crippen LogP contribution in [0.25, 0.3) is 0 Å². The van der Waals surface area contributed by atoms with Crippen LogP contribution in [0.3, 0.4) is 0 Å². The molecule has 2 atom stereocenters. The number of methoxy groups -OCH3 is 1. The van der Waals surface area contributed by atoms with Gasteiger partial charge in [-0.05, 0) is 25.4 Å². The summed E-state index contributed by atoms with van der Waals surface area (Å²) in [5, 5.41) is 6.50. The Morgan fingerprint density at radius 1 is 1.73 bits per heavy atom. The van der Waals surface area contributed by atoms with E-state index in [0.717, 1.165) is 19.5 Å². The van der Waals surface area contributed by atoms with Crippen LogP contribution in [-0.2, 0) is 9.53 Å². The van der Waals surface area contributed by atoms with E-state index in [2.05, 4.69) is 10.6 Å². The number of nitrogens with two attached hydrogens (primary N) is 1. The number of ether oxygens (including phenoxy) is 1. The van der Waals surface area contributed by atoms with Crippen LogP contribution in [0.15, 0.2) is 0 Å². The van der Waals surface area contributed by atoms with Crippen molar-refractivity contribution in [2.75, 3.05) is 33.4 Å². The molecule has 1 saturated heterocycles. The highest BCUT2D eigenvalue weighted by Crippen LogP contribution is 2.23. The van der Waals surface area contributed by atoms with Gasteiger partial charge in [0.15, 0.2) is 0 Å². The molecular formula is C10H21N3O2. The molecule has 0 spiro atoms. The molecule has 0 radical (unpaired) electrons. The molecule has 88 valence electrons. The van der Waals surface area contributed by atoms with E-state index >= 15 is 0 Å². The van der Waals surface area contributed by atoms with Crippen LogP contribution in [0.2, 0.25) is 0 Å². The van der Waals surface area contributed by atoms with Gasteiger partial charge in [-0.25, -0.2) is 0 Å². The van der Waals surface area contributed by atoms with E-state index in [9.17, 15) is 4.79 Å². The third-order valence-electron chi connectivity index (χ3n) is 3.17. The minimum absolute atomic E-state index is 0.209. The Hall–Kier alpha value is -0.650. The highest BCUT2D eigenvalue weighted by atomic mass is 16.5. The Morgan fingerprint density at radius 3 is 3.00 bits per heavy atom. The molecule has 0 saturated carbocycles. The molecule has 1 aliphatic rings. The van der Waals surface area contributed by atoms with Gasteiger partial charge in [0.05, 0.1) is 6.61 Å². The molecule has 15 heavy (non-hydrogen) atoms. The van der Waals surface area contributed by atoms with Crippen molar-refractivity contribution in [3.63, 3.8) is 0 Å². The lowest BCUT2D eigenvalue weighted by Crippen LogP contribution is -2.65. The van der Waals surface area contributed by atoms with E-state index in [-0.39, 0.29) is 11.8 Å². The van der Waals surface area contributed by atoms with Crippen molar-refractivity contribution >= 4 is 5.91 Å². The van der Waals surface area contributed by atoms with Gasteiger partial charge in [0.25, 0.3) is 0 Å². The fraction of sp³-hybridized carbons (Fsp3) is 0.900. The van der Waals surface area contributed by atoms with Gasteiger partial charge in [-0.1, -0.05) is 6.92 Å². The van der Waals surface area contributed by atoms with E-state index in [1.165, 1.54) is 0 Å². The van der Waals surface area contributed by atoms with Crippen molar-refractivity contribution in [1.29, 1.82) is 0 Å². The minimum Gasteiger partial charge on any atom is -0.383 e. The molecule has 1 heterocycles. The summed E-state index contributed by atoms with van der Waals surface area (Å²) in [6.07, 6.45) is 0.743. The van der Waals surface area contributed by atoms with Crippen molar-refractivity contribution in [3.8, 4) is 0 Å². The second-order valence-corrected chi connectivity index (χ2v) is 4.11. The molecule has 1 amide bonds. The first-order valence-corrected chi connectivity index (χ1v) is 5.38. The maximum absolute atomic E-state index is 11.6. The van der Waals surface area contributed by atoms with E-state index in [1.807, 2.05) is 6.92 Å². The van der Waals surface area contributed by atoms with Crippen LogP contribution < -0.4 is 16.4 Å². The fourth-order valence-electron chi connectivity index (χ4n) is 2.12. The van der Waals surface area contributed by atoms with Gasteiger partial charge in [0.1, 0.15) is 5.54 Å². The number of hydrogen-bond acceptors (Lipinski definition) is 4. The van der Waals surface area contributed by atoms with Gasteiger partial charge in [-0.2, -0.15) is 0 Å². The Bertz CT molecular complexity index is 223. The number of carbonyl (C=O) groups is 1. The first kappa shape index (κ1) is 12.4. The molecule has 0 aliphatic carbocycles. The quantitative estimate of drug-likeness (QED) is 0.518. The molecule has 0 bridgehead atoms. The molecule has 0 aromatic heterocycles. The smallest absolute Gasteiger partial charge is 0.238 e. The molecule has 5 nitrogen and oxygen atoms in total. The molecule has 1 rings (SSSR count). The van der Waals surface area contributed by atoms with Crippen LogP contribution in [0.4, 0.5) is 0 Å².